The van der Waals surface area contributed by atoms with Gasteiger partial charge in [-0.2, -0.15) is 0 Å². The van der Waals surface area contributed by atoms with Crippen LogP contribution in [0.15, 0.2) is 72.8 Å². The lowest BCUT2D eigenvalue weighted by Crippen LogP contribution is -2.51. The Bertz CT molecular complexity index is 1250. The smallest absolute Gasteiger partial charge is 0.265 e. The van der Waals surface area contributed by atoms with Gasteiger partial charge in [-0.15, -0.1) is 0 Å². The van der Waals surface area contributed by atoms with Gasteiger partial charge >= 0.3 is 0 Å². The molecule has 0 spiro atoms. The summed E-state index contributed by atoms with van der Waals surface area (Å²) in [5, 5.41) is 3.36. The van der Waals surface area contributed by atoms with Gasteiger partial charge in [0.2, 0.25) is 5.91 Å². The molecule has 7 nitrogen and oxygen atoms in total. The molecule has 1 aliphatic rings. The number of ketones is 1. The van der Waals surface area contributed by atoms with Crippen molar-refractivity contribution in [2.75, 3.05) is 18.1 Å². The van der Waals surface area contributed by atoms with Gasteiger partial charge in [0.25, 0.3) is 5.91 Å². The lowest BCUT2D eigenvalue weighted by molar-refractivity contribution is -0.127. The Morgan fingerprint density at radius 1 is 1.06 bits per heavy atom. The van der Waals surface area contributed by atoms with Crippen LogP contribution in [0.4, 0.5) is 5.69 Å². The number of nitrogens with zero attached hydrogens (tertiary/aromatic N) is 1. The number of hydrogen-bond acceptors (Lipinski definition) is 5. The molecule has 0 radical (unpaired) electrons. The van der Waals surface area contributed by atoms with E-state index in [2.05, 4.69) is 5.32 Å². The molecule has 2 atom stereocenters. The third-order valence-corrected chi connectivity index (χ3v) is 6.09. The predicted octanol–water partition coefficient (Wildman–Crippen LogP) is 4.59. The first kappa shape index (κ1) is 24.3. The minimum Gasteiger partial charge on any atom is -0.484 e. The number of carbonyl (C=O) groups is 3. The van der Waals surface area contributed by atoms with E-state index < -0.39 is 6.04 Å². The molecule has 0 bridgehead atoms. The van der Waals surface area contributed by atoms with Crippen molar-refractivity contribution in [3.8, 4) is 11.5 Å². The lowest BCUT2D eigenvalue weighted by Gasteiger charge is -2.34. The summed E-state index contributed by atoms with van der Waals surface area (Å²) in [6, 6.07) is 20.1. The molecule has 2 amide bonds. The molecule has 0 saturated carbocycles. The minimum absolute atomic E-state index is 0.193. The van der Waals surface area contributed by atoms with E-state index in [9.17, 15) is 14.4 Å². The van der Waals surface area contributed by atoms with E-state index in [4.69, 9.17) is 21.1 Å². The van der Waals surface area contributed by atoms with Crippen molar-refractivity contribution in [2.24, 2.45) is 0 Å². The van der Waals surface area contributed by atoms with E-state index in [0.717, 1.165) is 5.56 Å². The van der Waals surface area contributed by atoms with Gasteiger partial charge in [-0.05, 0) is 49.7 Å². The van der Waals surface area contributed by atoms with Crippen molar-refractivity contribution in [2.45, 2.75) is 25.9 Å². The summed E-state index contributed by atoms with van der Waals surface area (Å²) in [5.74, 6) is -0.173. The first-order chi connectivity index (χ1) is 16.8. The summed E-state index contributed by atoms with van der Waals surface area (Å²) in [7, 11) is 0. The number of halogens is 1. The topological polar surface area (TPSA) is 84.9 Å². The Balaban J connectivity index is 1.51. The third kappa shape index (κ3) is 5.46. The predicted molar refractivity (Wildman–Crippen MR) is 133 cm³/mol. The summed E-state index contributed by atoms with van der Waals surface area (Å²) in [6.07, 6.45) is 0. The zero-order chi connectivity index (χ0) is 24.9. The van der Waals surface area contributed by atoms with Crippen molar-refractivity contribution >= 4 is 34.9 Å². The number of Topliss-reactive ketones (excluding diaryl/α,β-unsaturated/α-hetero) is 1. The van der Waals surface area contributed by atoms with E-state index in [1.165, 1.54) is 4.90 Å². The van der Waals surface area contributed by atoms with Crippen molar-refractivity contribution in [1.82, 2.24) is 5.32 Å². The number of nitrogens with one attached hydrogen (secondary N) is 1. The van der Waals surface area contributed by atoms with Crippen LogP contribution in [0.3, 0.4) is 0 Å². The maximum absolute atomic E-state index is 13.0. The lowest BCUT2D eigenvalue weighted by atomic mass is 10.1. The molecule has 0 fully saturated rings. The highest BCUT2D eigenvalue weighted by Crippen LogP contribution is 2.35. The minimum atomic E-state index is -0.818. The normalized spacial score (nSPS) is 14.4. The van der Waals surface area contributed by atoms with Crippen LogP contribution < -0.4 is 19.7 Å². The Morgan fingerprint density at radius 3 is 2.51 bits per heavy atom. The second kappa shape index (κ2) is 10.6. The molecule has 3 aromatic rings. The fourth-order valence-corrected chi connectivity index (χ4v) is 4.02. The molecule has 1 heterocycles. The van der Waals surface area contributed by atoms with Gasteiger partial charge in [-0.1, -0.05) is 54.1 Å². The van der Waals surface area contributed by atoms with Crippen LogP contribution in [-0.4, -0.2) is 36.9 Å². The number of anilines is 1. The fraction of sp³-hybridized carbons (Fsp3) is 0.222. The molecular weight excluding hydrogens is 468 g/mol. The van der Waals surface area contributed by atoms with Gasteiger partial charge in [0.1, 0.15) is 17.5 Å². The van der Waals surface area contributed by atoms with Gasteiger partial charge in [-0.25, -0.2) is 0 Å². The van der Waals surface area contributed by atoms with Gasteiger partial charge in [0, 0.05) is 5.56 Å². The summed E-state index contributed by atoms with van der Waals surface area (Å²) in [6.45, 7) is 3.10. The number of amides is 2. The number of rotatable bonds is 8. The summed E-state index contributed by atoms with van der Waals surface area (Å²) in [5.41, 5.74) is 1.64. The fourth-order valence-electron chi connectivity index (χ4n) is 3.83. The summed E-state index contributed by atoms with van der Waals surface area (Å²) >= 11 is 6.09. The monoisotopic (exact) mass is 492 g/mol. The Kier molecular flexibility index (Phi) is 7.36. The average molecular weight is 493 g/mol. The Morgan fingerprint density at radius 2 is 1.77 bits per heavy atom. The maximum atomic E-state index is 13.0. The van der Waals surface area contributed by atoms with E-state index in [0.29, 0.717) is 27.8 Å². The highest BCUT2D eigenvalue weighted by molar-refractivity contribution is 6.32. The first-order valence-electron chi connectivity index (χ1n) is 11.2. The highest BCUT2D eigenvalue weighted by Gasteiger charge is 2.34. The molecule has 180 valence electrons. The van der Waals surface area contributed by atoms with Crippen LogP contribution in [0.2, 0.25) is 5.02 Å². The van der Waals surface area contributed by atoms with Crippen molar-refractivity contribution in [3.05, 3.63) is 88.9 Å². The molecule has 1 N–H and O–H groups in total. The van der Waals surface area contributed by atoms with Crippen molar-refractivity contribution in [1.29, 1.82) is 0 Å². The van der Waals surface area contributed by atoms with Crippen LogP contribution in [0.5, 0.6) is 11.5 Å². The molecule has 4 rings (SSSR count). The Hall–Kier alpha value is -3.84. The highest BCUT2D eigenvalue weighted by atomic mass is 35.5. The molecule has 0 aliphatic carbocycles. The number of ether oxygens (including phenoxy) is 2. The largest absolute Gasteiger partial charge is 0.484 e. The van der Waals surface area contributed by atoms with Gasteiger partial charge in [0.15, 0.2) is 19.0 Å². The van der Waals surface area contributed by atoms with E-state index >= 15 is 0 Å². The number of carbonyl (C=O) groups excluding carboxylic acids is 3. The molecular formula is C27H25ClN2O5. The molecule has 0 unspecified atom stereocenters. The van der Waals surface area contributed by atoms with E-state index in [1.807, 2.05) is 37.3 Å². The average Bonchev–Trinajstić information content (AvgIpc) is 2.87. The van der Waals surface area contributed by atoms with Crippen molar-refractivity contribution < 1.29 is 23.9 Å². The van der Waals surface area contributed by atoms with Crippen molar-refractivity contribution in [3.63, 3.8) is 0 Å². The number of benzene rings is 3. The molecule has 1 aliphatic heterocycles. The zero-order valence-electron chi connectivity index (χ0n) is 19.4. The Labute approximate surface area is 208 Å². The standard InChI is InChI=1S/C27H25ClN2O5/c1-17(19-8-4-3-5-9-19)29-27(33)18(2)30-22-14-20(12-13-25(22)35-16-26(30)32)23(31)15-34-24-11-7-6-10-21(24)28/h3-14,17-18H,15-16H2,1-2H3,(H,29,33)/t17-,18+/m1/s1. The van der Waals surface area contributed by atoms with E-state index in [1.54, 1.807) is 49.4 Å². The van der Waals surface area contributed by atoms with Crippen LogP contribution in [0.1, 0.15) is 35.8 Å². The molecule has 0 aromatic heterocycles. The van der Waals surface area contributed by atoms with E-state index in [-0.39, 0.29) is 36.9 Å². The zero-order valence-corrected chi connectivity index (χ0v) is 20.1. The number of para-hydroxylation sites is 1. The quantitative estimate of drug-likeness (QED) is 0.465. The molecule has 35 heavy (non-hydrogen) atoms. The molecule has 0 saturated heterocycles. The third-order valence-electron chi connectivity index (χ3n) is 5.78. The van der Waals surface area contributed by atoms with Gasteiger partial charge < -0.3 is 14.8 Å². The second-order valence-electron chi connectivity index (χ2n) is 8.19. The van der Waals surface area contributed by atoms with Crippen LogP contribution >= 0.6 is 11.6 Å². The first-order valence-corrected chi connectivity index (χ1v) is 11.6. The molecule has 3 aromatic carbocycles. The van der Waals surface area contributed by atoms with Gasteiger partial charge in [-0.3, -0.25) is 19.3 Å². The van der Waals surface area contributed by atoms with Crippen LogP contribution in [-0.2, 0) is 9.59 Å². The molecule has 8 heteroatoms. The van der Waals surface area contributed by atoms with Gasteiger partial charge in [0.05, 0.1) is 16.8 Å². The van der Waals surface area contributed by atoms with Crippen LogP contribution in [0, 0.1) is 0 Å². The summed E-state index contributed by atoms with van der Waals surface area (Å²) < 4.78 is 11.1. The maximum Gasteiger partial charge on any atom is 0.265 e. The second-order valence-corrected chi connectivity index (χ2v) is 8.60. The van der Waals surface area contributed by atoms with Crippen LogP contribution in [0.25, 0.3) is 0 Å². The number of hydrogen-bond donors (Lipinski definition) is 1. The summed E-state index contributed by atoms with van der Waals surface area (Å²) in [4.78, 5) is 40.0. The number of fused-ring (bicyclic) bond motifs is 1. The SMILES string of the molecule is C[C@@H](NC(=O)[C@H](C)N1C(=O)COc2ccc(C(=O)COc3ccccc3Cl)cc21)c1ccccc1.